The average Bonchev–Trinajstić information content (AvgIpc) is 2.71. The zero-order valence-electron chi connectivity index (χ0n) is 10.2. The van der Waals surface area contributed by atoms with Gasteiger partial charge in [-0.05, 0) is 37.4 Å². The molecular formula is C12H14N4OS. The normalized spacial score (nSPS) is 10.3. The van der Waals surface area contributed by atoms with Crippen molar-refractivity contribution in [1.29, 1.82) is 0 Å². The molecule has 1 amide bonds. The number of nitrogen functional groups attached to an aromatic ring is 1. The number of nitrogens with two attached hydrogens (primary N) is 1. The number of benzene rings is 1. The summed E-state index contributed by atoms with van der Waals surface area (Å²) in [7, 11) is 0. The predicted molar refractivity (Wildman–Crippen MR) is 73.9 cm³/mol. The second-order valence-corrected chi connectivity index (χ2v) is 4.67. The van der Waals surface area contributed by atoms with Crippen LogP contribution in [0.5, 0.6) is 0 Å². The zero-order valence-corrected chi connectivity index (χ0v) is 11.0. The van der Waals surface area contributed by atoms with Gasteiger partial charge in [-0.3, -0.25) is 9.89 Å². The van der Waals surface area contributed by atoms with E-state index < -0.39 is 0 Å². The minimum absolute atomic E-state index is 0.224. The van der Waals surface area contributed by atoms with E-state index in [2.05, 4.69) is 15.5 Å². The number of aromatic amines is 1. The highest BCUT2D eigenvalue weighted by Crippen LogP contribution is 2.19. The van der Waals surface area contributed by atoms with E-state index >= 15 is 0 Å². The van der Waals surface area contributed by atoms with Crippen molar-refractivity contribution in [2.45, 2.75) is 11.8 Å². The van der Waals surface area contributed by atoms with Crippen molar-refractivity contribution < 1.29 is 4.79 Å². The SMILES string of the molecule is CSc1ccc(NC(=O)c2n[nH]c(C)c2N)cc1. The Hall–Kier alpha value is -1.95. The molecule has 0 aliphatic heterocycles. The summed E-state index contributed by atoms with van der Waals surface area (Å²) < 4.78 is 0. The molecule has 0 aliphatic carbocycles. The average molecular weight is 262 g/mol. The Morgan fingerprint density at radius 1 is 1.39 bits per heavy atom. The van der Waals surface area contributed by atoms with Gasteiger partial charge in [0.25, 0.3) is 5.91 Å². The summed E-state index contributed by atoms with van der Waals surface area (Å²) in [6.07, 6.45) is 2.00. The van der Waals surface area contributed by atoms with Gasteiger partial charge >= 0.3 is 0 Å². The summed E-state index contributed by atoms with van der Waals surface area (Å²) in [5, 5.41) is 9.31. The number of H-pyrrole nitrogens is 1. The molecule has 0 bridgehead atoms. The molecule has 2 rings (SSSR count). The van der Waals surface area contributed by atoms with Gasteiger partial charge in [0, 0.05) is 10.6 Å². The van der Waals surface area contributed by atoms with Crippen molar-refractivity contribution in [2.75, 3.05) is 17.3 Å². The lowest BCUT2D eigenvalue weighted by molar-refractivity contribution is 0.102. The maximum atomic E-state index is 11.9. The van der Waals surface area contributed by atoms with Crippen LogP contribution in [0.1, 0.15) is 16.2 Å². The predicted octanol–water partition coefficient (Wildman–Crippen LogP) is 2.27. The van der Waals surface area contributed by atoms with Gasteiger partial charge in [-0.2, -0.15) is 5.10 Å². The Balaban J connectivity index is 2.13. The molecule has 18 heavy (non-hydrogen) atoms. The minimum atomic E-state index is -0.311. The molecule has 0 fully saturated rings. The third-order valence-corrected chi connectivity index (χ3v) is 3.30. The quantitative estimate of drug-likeness (QED) is 0.741. The minimum Gasteiger partial charge on any atom is -0.395 e. The molecule has 2 aromatic rings. The molecular weight excluding hydrogens is 248 g/mol. The van der Waals surface area contributed by atoms with Crippen LogP contribution in [0.15, 0.2) is 29.2 Å². The van der Waals surface area contributed by atoms with Crippen LogP contribution in [0.25, 0.3) is 0 Å². The fraction of sp³-hybridized carbons (Fsp3) is 0.167. The number of thioether (sulfide) groups is 1. The van der Waals surface area contributed by atoms with Crippen molar-refractivity contribution in [2.24, 2.45) is 0 Å². The largest absolute Gasteiger partial charge is 0.395 e. The van der Waals surface area contributed by atoms with Crippen molar-refractivity contribution in [3.05, 3.63) is 35.7 Å². The monoisotopic (exact) mass is 262 g/mol. The summed E-state index contributed by atoms with van der Waals surface area (Å²) in [6.45, 7) is 1.77. The molecule has 6 heteroatoms. The smallest absolute Gasteiger partial charge is 0.278 e. The van der Waals surface area contributed by atoms with Crippen LogP contribution in [-0.2, 0) is 0 Å². The Labute approximate surface area is 109 Å². The summed E-state index contributed by atoms with van der Waals surface area (Å²) in [5.74, 6) is -0.311. The molecule has 4 N–H and O–H groups in total. The first-order chi connectivity index (χ1) is 8.61. The van der Waals surface area contributed by atoms with Crippen LogP contribution in [0, 0.1) is 6.92 Å². The van der Waals surface area contributed by atoms with E-state index in [4.69, 9.17) is 5.73 Å². The first-order valence-electron chi connectivity index (χ1n) is 5.37. The van der Waals surface area contributed by atoms with Crippen LogP contribution >= 0.6 is 11.8 Å². The standard InChI is InChI=1S/C12H14N4OS/c1-7-10(13)11(16-15-7)12(17)14-8-3-5-9(18-2)6-4-8/h3-6H,13H2,1-2H3,(H,14,17)(H,15,16). The molecule has 0 spiro atoms. The Kier molecular flexibility index (Phi) is 3.57. The lowest BCUT2D eigenvalue weighted by atomic mass is 10.2. The van der Waals surface area contributed by atoms with Crippen molar-refractivity contribution in [1.82, 2.24) is 10.2 Å². The highest BCUT2D eigenvalue weighted by molar-refractivity contribution is 7.98. The first kappa shape index (κ1) is 12.5. The maximum absolute atomic E-state index is 11.9. The number of carbonyl (C=O) groups is 1. The topological polar surface area (TPSA) is 83.8 Å². The molecule has 1 aromatic carbocycles. The number of rotatable bonds is 3. The number of nitrogens with zero attached hydrogens (tertiary/aromatic N) is 1. The second kappa shape index (κ2) is 5.14. The first-order valence-corrected chi connectivity index (χ1v) is 6.60. The lowest BCUT2D eigenvalue weighted by Crippen LogP contribution is -2.14. The van der Waals surface area contributed by atoms with Gasteiger partial charge in [0.15, 0.2) is 5.69 Å². The van der Waals surface area contributed by atoms with Gasteiger partial charge in [0.2, 0.25) is 0 Å². The van der Waals surface area contributed by atoms with E-state index in [0.717, 1.165) is 10.6 Å². The van der Waals surface area contributed by atoms with E-state index in [0.29, 0.717) is 11.4 Å². The van der Waals surface area contributed by atoms with E-state index in [1.807, 2.05) is 30.5 Å². The number of hydrogen-bond acceptors (Lipinski definition) is 4. The zero-order chi connectivity index (χ0) is 13.1. The Bertz CT molecular complexity index is 562. The van der Waals surface area contributed by atoms with E-state index in [-0.39, 0.29) is 11.6 Å². The third kappa shape index (κ3) is 2.48. The number of hydrogen-bond donors (Lipinski definition) is 3. The Morgan fingerprint density at radius 2 is 2.06 bits per heavy atom. The fourth-order valence-electron chi connectivity index (χ4n) is 1.48. The number of aromatic nitrogens is 2. The molecule has 0 aliphatic rings. The number of carbonyl (C=O) groups excluding carboxylic acids is 1. The molecule has 0 radical (unpaired) electrons. The van der Waals surface area contributed by atoms with Crippen molar-refractivity contribution in [3.63, 3.8) is 0 Å². The molecule has 1 heterocycles. The highest BCUT2D eigenvalue weighted by atomic mass is 32.2. The van der Waals surface area contributed by atoms with Gasteiger partial charge in [0.1, 0.15) is 0 Å². The van der Waals surface area contributed by atoms with E-state index in [1.165, 1.54) is 0 Å². The molecule has 5 nitrogen and oxygen atoms in total. The third-order valence-electron chi connectivity index (χ3n) is 2.56. The van der Waals surface area contributed by atoms with Gasteiger partial charge in [-0.25, -0.2) is 0 Å². The fourth-order valence-corrected chi connectivity index (χ4v) is 1.88. The molecule has 0 unspecified atom stereocenters. The molecule has 0 atom stereocenters. The van der Waals surface area contributed by atoms with E-state index in [1.54, 1.807) is 18.7 Å². The van der Waals surface area contributed by atoms with Crippen LogP contribution in [0.4, 0.5) is 11.4 Å². The summed E-state index contributed by atoms with van der Waals surface area (Å²) in [5.41, 5.74) is 7.76. The van der Waals surface area contributed by atoms with Crippen molar-refractivity contribution in [3.8, 4) is 0 Å². The number of amides is 1. The molecule has 94 valence electrons. The Morgan fingerprint density at radius 3 is 2.56 bits per heavy atom. The van der Waals surface area contributed by atoms with Crippen LogP contribution in [0.2, 0.25) is 0 Å². The second-order valence-electron chi connectivity index (χ2n) is 3.79. The van der Waals surface area contributed by atoms with Crippen molar-refractivity contribution >= 4 is 29.0 Å². The number of aryl methyl sites for hydroxylation is 1. The number of nitrogens with one attached hydrogen (secondary N) is 2. The van der Waals surface area contributed by atoms with Crippen LogP contribution in [0.3, 0.4) is 0 Å². The van der Waals surface area contributed by atoms with Gasteiger partial charge in [-0.15, -0.1) is 11.8 Å². The highest BCUT2D eigenvalue weighted by Gasteiger charge is 2.15. The summed E-state index contributed by atoms with van der Waals surface area (Å²) in [6, 6.07) is 7.58. The van der Waals surface area contributed by atoms with Gasteiger partial charge in [-0.1, -0.05) is 0 Å². The molecule has 0 saturated carbocycles. The summed E-state index contributed by atoms with van der Waals surface area (Å²) >= 11 is 1.65. The van der Waals surface area contributed by atoms with Crippen LogP contribution < -0.4 is 11.1 Å². The maximum Gasteiger partial charge on any atom is 0.278 e. The molecule has 1 aromatic heterocycles. The van der Waals surface area contributed by atoms with Gasteiger partial charge in [0.05, 0.1) is 11.4 Å². The van der Waals surface area contributed by atoms with Gasteiger partial charge < -0.3 is 11.1 Å². The molecule has 0 saturated heterocycles. The van der Waals surface area contributed by atoms with Crippen LogP contribution in [-0.4, -0.2) is 22.4 Å². The summed E-state index contributed by atoms with van der Waals surface area (Å²) in [4.78, 5) is 13.1. The van der Waals surface area contributed by atoms with E-state index in [9.17, 15) is 4.79 Å². The lowest BCUT2D eigenvalue weighted by Gasteiger charge is -2.04. The number of anilines is 2.